The van der Waals surface area contributed by atoms with Crippen molar-refractivity contribution in [3.63, 3.8) is 0 Å². The van der Waals surface area contributed by atoms with Gasteiger partial charge in [-0.1, -0.05) is 12.1 Å². The number of hydrogen-bond donors (Lipinski definition) is 0. The molecule has 23 heavy (non-hydrogen) atoms. The highest BCUT2D eigenvalue weighted by atomic mass is 16.2. The molecule has 0 radical (unpaired) electrons. The molecule has 1 spiro atoms. The Morgan fingerprint density at radius 1 is 1.30 bits per heavy atom. The molecule has 2 aliphatic rings. The van der Waals surface area contributed by atoms with Crippen LogP contribution in [-0.2, 0) is 4.79 Å². The van der Waals surface area contributed by atoms with Gasteiger partial charge in [-0.2, -0.15) is 0 Å². The van der Waals surface area contributed by atoms with Gasteiger partial charge < -0.3 is 9.80 Å². The molecule has 0 aliphatic carbocycles. The maximum atomic E-state index is 12.5. The van der Waals surface area contributed by atoms with Crippen LogP contribution in [0.5, 0.6) is 0 Å². The van der Waals surface area contributed by atoms with Crippen LogP contribution in [-0.4, -0.2) is 52.8 Å². The molecule has 3 rings (SSSR count). The maximum Gasteiger partial charge on any atom is 0.272 e. The van der Waals surface area contributed by atoms with Crippen LogP contribution in [0.25, 0.3) is 0 Å². The summed E-state index contributed by atoms with van der Waals surface area (Å²) >= 11 is 0. The van der Waals surface area contributed by atoms with Crippen molar-refractivity contribution in [1.29, 1.82) is 0 Å². The summed E-state index contributed by atoms with van der Waals surface area (Å²) in [6.07, 6.45) is 6.89. The lowest BCUT2D eigenvalue weighted by atomic mass is 9.72. The molecule has 2 aliphatic heterocycles. The molecule has 0 atom stereocenters. The van der Waals surface area contributed by atoms with Crippen LogP contribution < -0.4 is 0 Å². The first kappa shape index (κ1) is 15.7. The summed E-state index contributed by atoms with van der Waals surface area (Å²) in [6.45, 7) is 6.64. The van der Waals surface area contributed by atoms with Crippen molar-refractivity contribution in [1.82, 2.24) is 14.8 Å². The van der Waals surface area contributed by atoms with Gasteiger partial charge in [0.05, 0.1) is 0 Å². The fourth-order valence-corrected chi connectivity index (χ4v) is 3.67. The highest BCUT2D eigenvalue weighted by Crippen LogP contribution is 2.40. The average molecular weight is 313 g/mol. The second-order valence-electron chi connectivity index (χ2n) is 6.57. The third-order valence-electron chi connectivity index (χ3n) is 5.09. The summed E-state index contributed by atoms with van der Waals surface area (Å²) in [4.78, 5) is 32.4. The van der Waals surface area contributed by atoms with Crippen LogP contribution in [0.15, 0.2) is 37.1 Å². The van der Waals surface area contributed by atoms with Crippen molar-refractivity contribution in [3.8, 4) is 0 Å². The number of aromatic nitrogens is 1. The van der Waals surface area contributed by atoms with Crippen LogP contribution in [0.3, 0.4) is 0 Å². The molecule has 5 nitrogen and oxygen atoms in total. The third-order valence-corrected chi connectivity index (χ3v) is 5.09. The molecule has 2 saturated heterocycles. The van der Waals surface area contributed by atoms with Crippen LogP contribution in [0, 0.1) is 5.41 Å². The lowest BCUT2D eigenvalue weighted by molar-refractivity contribution is -0.138. The molecule has 0 unspecified atom stereocenters. The molecular formula is C18H23N3O2. The number of carbonyl (C=O) groups excluding carboxylic acids is 2. The van der Waals surface area contributed by atoms with Crippen molar-refractivity contribution >= 4 is 11.8 Å². The van der Waals surface area contributed by atoms with Crippen molar-refractivity contribution in [3.05, 3.63) is 42.7 Å². The number of rotatable bonds is 3. The average Bonchev–Trinajstić information content (AvgIpc) is 2.59. The fraction of sp³-hybridized carbons (Fsp3) is 0.500. The molecule has 3 heterocycles. The summed E-state index contributed by atoms with van der Waals surface area (Å²) in [5.74, 6) is 0.234. The van der Waals surface area contributed by atoms with E-state index >= 15 is 0 Å². The first-order valence-electron chi connectivity index (χ1n) is 8.23. The van der Waals surface area contributed by atoms with E-state index in [9.17, 15) is 9.59 Å². The van der Waals surface area contributed by atoms with Gasteiger partial charge in [0.1, 0.15) is 5.69 Å². The lowest BCUT2D eigenvalue weighted by Crippen LogP contribution is -2.52. The minimum Gasteiger partial charge on any atom is -0.338 e. The van der Waals surface area contributed by atoms with Gasteiger partial charge >= 0.3 is 0 Å². The topological polar surface area (TPSA) is 53.5 Å². The van der Waals surface area contributed by atoms with E-state index in [2.05, 4.69) is 11.6 Å². The van der Waals surface area contributed by atoms with Crippen LogP contribution in [0.2, 0.25) is 0 Å². The van der Waals surface area contributed by atoms with Gasteiger partial charge in [-0.25, -0.2) is 0 Å². The second kappa shape index (κ2) is 6.52. The van der Waals surface area contributed by atoms with Crippen molar-refractivity contribution < 1.29 is 9.59 Å². The molecule has 0 aromatic carbocycles. The standard InChI is InChI=1S/C18H23N3O2/c1-2-11-21-14-18(7-6-16(21)22)8-12-20(13-9-18)17(23)15-5-3-4-10-19-15/h2-5,10H,1,6-9,11-14H2. The normalized spacial score (nSPS) is 20.6. The van der Waals surface area contributed by atoms with Gasteiger partial charge in [0, 0.05) is 38.8 Å². The number of nitrogens with zero attached hydrogens (tertiary/aromatic N) is 3. The van der Waals surface area contributed by atoms with E-state index in [1.165, 1.54) is 0 Å². The quantitative estimate of drug-likeness (QED) is 0.803. The predicted octanol–water partition coefficient (Wildman–Crippen LogP) is 2.11. The Kier molecular flexibility index (Phi) is 4.46. The summed E-state index contributed by atoms with van der Waals surface area (Å²) in [7, 11) is 0. The van der Waals surface area contributed by atoms with Gasteiger partial charge in [0.15, 0.2) is 0 Å². The van der Waals surface area contributed by atoms with Crippen molar-refractivity contribution in [2.75, 3.05) is 26.2 Å². The molecule has 122 valence electrons. The predicted molar refractivity (Wildman–Crippen MR) is 87.8 cm³/mol. The Balaban J connectivity index is 1.63. The Morgan fingerprint density at radius 2 is 2.09 bits per heavy atom. The SMILES string of the molecule is C=CCN1CC2(CCC1=O)CCN(C(=O)c1ccccn1)CC2. The highest BCUT2D eigenvalue weighted by molar-refractivity contribution is 5.92. The van der Waals surface area contributed by atoms with Gasteiger partial charge in [-0.15, -0.1) is 6.58 Å². The number of likely N-dealkylation sites (tertiary alicyclic amines) is 2. The summed E-state index contributed by atoms with van der Waals surface area (Å²) in [5, 5.41) is 0. The molecule has 1 aromatic heterocycles. The van der Waals surface area contributed by atoms with Crippen LogP contribution in [0.1, 0.15) is 36.2 Å². The second-order valence-corrected chi connectivity index (χ2v) is 6.57. The zero-order chi connectivity index (χ0) is 16.3. The van der Waals surface area contributed by atoms with E-state index in [1.54, 1.807) is 18.3 Å². The summed E-state index contributed by atoms with van der Waals surface area (Å²) in [6, 6.07) is 5.42. The zero-order valence-electron chi connectivity index (χ0n) is 13.4. The molecule has 1 aromatic rings. The third kappa shape index (κ3) is 3.28. The number of pyridine rings is 1. The van der Waals surface area contributed by atoms with E-state index in [4.69, 9.17) is 0 Å². The first-order valence-corrected chi connectivity index (χ1v) is 8.23. The van der Waals surface area contributed by atoms with Crippen molar-refractivity contribution in [2.24, 2.45) is 5.41 Å². The van der Waals surface area contributed by atoms with E-state index in [-0.39, 0.29) is 17.2 Å². The van der Waals surface area contributed by atoms with Gasteiger partial charge in [0.25, 0.3) is 5.91 Å². The molecule has 2 fully saturated rings. The van der Waals surface area contributed by atoms with E-state index in [0.717, 1.165) is 38.9 Å². The van der Waals surface area contributed by atoms with Crippen LogP contribution in [0.4, 0.5) is 0 Å². The van der Waals surface area contributed by atoms with E-state index in [1.807, 2.05) is 21.9 Å². The summed E-state index contributed by atoms with van der Waals surface area (Å²) in [5.41, 5.74) is 0.674. The number of hydrogen-bond acceptors (Lipinski definition) is 3. The Labute approximate surface area is 137 Å². The smallest absolute Gasteiger partial charge is 0.272 e. The minimum atomic E-state index is 0.00952. The van der Waals surface area contributed by atoms with E-state index in [0.29, 0.717) is 18.7 Å². The maximum absolute atomic E-state index is 12.5. The molecule has 2 amide bonds. The van der Waals surface area contributed by atoms with Gasteiger partial charge in [-0.3, -0.25) is 14.6 Å². The van der Waals surface area contributed by atoms with Crippen LogP contribution >= 0.6 is 0 Å². The molecule has 0 N–H and O–H groups in total. The zero-order valence-corrected chi connectivity index (χ0v) is 13.4. The van der Waals surface area contributed by atoms with E-state index < -0.39 is 0 Å². The Hall–Kier alpha value is -2.17. The van der Waals surface area contributed by atoms with Crippen molar-refractivity contribution in [2.45, 2.75) is 25.7 Å². The molecular weight excluding hydrogens is 290 g/mol. The molecule has 5 heteroatoms. The Bertz CT molecular complexity index is 592. The monoisotopic (exact) mass is 313 g/mol. The number of amides is 2. The number of carbonyl (C=O) groups is 2. The first-order chi connectivity index (χ1) is 11.1. The largest absolute Gasteiger partial charge is 0.338 e. The number of piperidine rings is 2. The molecule has 0 bridgehead atoms. The lowest BCUT2D eigenvalue weighted by Gasteiger charge is -2.47. The molecule has 0 saturated carbocycles. The fourth-order valence-electron chi connectivity index (χ4n) is 3.67. The van der Waals surface area contributed by atoms with Gasteiger partial charge in [-0.05, 0) is 36.8 Å². The van der Waals surface area contributed by atoms with Gasteiger partial charge in [0.2, 0.25) is 5.91 Å². The summed E-state index contributed by atoms with van der Waals surface area (Å²) < 4.78 is 0. The Morgan fingerprint density at radius 3 is 2.74 bits per heavy atom. The minimum absolute atomic E-state index is 0.00952. The highest BCUT2D eigenvalue weighted by Gasteiger charge is 2.41.